The van der Waals surface area contributed by atoms with Crippen LogP contribution in [0.25, 0.3) is 0 Å². The first-order valence-electron chi connectivity index (χ1n) is 5.62. The Labute approximate surface area is 106 Å². The largest absolute Gasteiger partial charge is 0.381 e. The fourth-order valence-corrected chi connectivity index (χ4v) is 2.55. The second kappa shape index (κ2) is 5.26. The van der Waals surface area contributed by atoms with Crippen molar-refractivity contribution in [3.63, 3.8) is 0 Å². The van der Waals surface area contributed by atoms with Crippen LogP contribution in [0, 0.1) is 0 Å². The van der Waals surface area contributed by atoms with Gasteiger partial charge in [-0.05, 0) is 43.9 Å². The van der Waals surface area contributed by atoms with E-state index in [1.54, 1.807) is 6.07 Å². The summed E-state index contributed by atoms with van der Waals surface area (Å²) in [5.41, 5.74) is 6.83. The summed E-state index contributed by atoms with van der Waals surface area (Å²) in [5.74, 6) is 0. The number of anilines is 1. The number of nitrogens with one attached hydrogen (secondary N) is 1. The Morgan fingerprint density at radius 3 is 2.44 bits per heavy atom. The van der Waals surface area contributed by atoms with Gasteiger partial charge in [0.05, 0.1) is 10.7 Å². The van der Waals surface area contributed by atoms with Crippen LogP contribution in [0.1, 0.15) is 25.7 Å². The molecule has 1 fully saturated rings. The summed E-state index contributed by atoms with van der Waals surface area (Å²) in [4.78, 5) is 0. The molecule has 0 aromatic heterocycles. The summed E-state index contributed by atoms with van der Waals surface area (Å²) in [6.45, 7) is 0. The van der Waals surface area contributed by atoms with Crippen LogP contribution in [0.5, 0.6) is 0 Å². The Bertz CT molecular complexity index is 360. The monoisotopic (exact) mass is 258 g/mol. The van der Waals surface area contributed by atoms with Crippen molar-refractivity contribution in [3.8, 4) is 0 Å². The fraction of sp³-hybridized carbons (Fsp3) is 0.500. The molecular weight excluding hydrogens is 243 g/mol. The minimum absolute atomic E-state index is 0.374. The molecule has 0 radical (unpaired) electrons. The van der Waals surface area contributed by atoms with Gasteiger partial charge < -0.3 is 11.1 Å². The summed E-state index contributed by atoms with van der Waals surface area (Å²) >= 11 is 12.0. The molecule has 2 nitrogen and oxygen atoms in total. The third kappa shape index (κ3) is 3.03. The molecule has 1 aromatic carbocycles. The van der Waals surface area contributed by atoms with Crippen LogP contribution in [0.4, 0.5) is 5.69 Å². The van der Waals surface area contributed by atoms with Crippen LogP contribution in [0.2, 0.25) is 10.0 Å². The van der Waals surface area contributed by atoms with Crippen LogP contribution in [0.3, 0.4) is 0 Å². The van der Waals surface area contributed by atoms with E-state index in [1.165, 1.54) is 0 Å². The molecule has 4 heteroatoms. The average molecular weight is 259 g/mol. The topological polar surface area (TPSA) is 38.0 Å². The molecule has 1 saturated carbocycles. The molecule has 0 spiro atoms. The molecule has 3 N–H and O–H groups in total. The van der Waals surface area contributed by atoms with Gasteiger partial charge in [-0.25, -0.2) is 0 Å². The lowest BCUT2D eigenvalue weighted by molar-refractivity contribution is 0.411. The van der Waals surface area contributed by atoms with Crippen molar-refractivity contribution < 1.29 is 0 Å². The maximum atomic E-state index is 6.11. The standard InChI is InChI=1S/C12H16Cl2N2/c13-8-1-6-12(11(14)7-8)16-10-4-2-9(15)3-5-10/h1,6-7,9-10,16H,2-5,15H2. The van der Waals surface area contributed by atoms with Crippen LogP contribution < -0.4 is 11.1 Å². The third-order valence-electron chi connectivity index (χ3n) is 3.06. The number of halogens is 2. The van der Waals surface area contributed by atoms with Crippen molar-refractivity contribution in [2.45, 2.75) is 37.8 Å². The zero-order valence-corrected chi connectivity index (χ0v) is 10.6. The Kier molecular flexibility index (Phi) is 3.95. The van der Waals surface area contributed by atoms with Gasteiger partial charge in [-0.2, -0.15) is 0 Å². The van der Waals surface area contributed by atoms with Crippen molar-refractivity contribution in [2.75, 3.05) is 5.32 Å². The summed E-state index contributed by atoms with van der Waals surface area (Å²) in [6.07, 6.45) is 4.39. The molecule has 0 saturated heterocycles. The lowest BCUT2D eigenvalue weighted by Crippen LogP contribution is -2.32. The van der Waals surface area contributed by atoms with Crippen molar-refractivity contribution in [2.24, 2.45) is 5.73 Å². The predicted octanol–water partition coefficient (Wildman–Crippen LogP) is 3.68. The Hall–Kier alpha value is -0.440. The number of hydrogen-bond acceptors (Lipinski definition) is 2. The van der Waals surface area contributed by atoms with E-state index in [4.69, 9.17) is 28.9 Å². The molecule has 1 aromatic rings. The van der Waals surface area contributed by atoms with Gasteiger partial charge in [0, 0.05) is 17.1 Å². The van der Waals surface area contributed by atoms with Crippen molar-refractivity contribution in [1.82, 2.24) is 0 Å². The van der Waals surface area contributed by atoms with Gasteiger partial charge in [-0.1, -0.05) is 23.2 Å². The maximum Gasteiger partial charge on any atom is 0.0652 e. The van der Waals surface area contributed by atoms with Crippen LogP contribution in [-0.4, -0.2) is 12.1 Å². The minimum Gasteiger partial charge on any atom is -0.381 e. The Morgan fingerprint density at radius 2 is 1.81 bits per heavy atom. The fourth-order valence-electron chi connectivity index (χ4n) is 2.09. The van der Waals surface area contributed by atoms with Gasteiger partial charge in [-0.15, -0.1) is 0 Å². The van der Waals surface area contributed by atoms with Gasteiger partial charge in [-0.3, -0.25) is 0 Å². The molecule has 0 aliphatic heterocycles. The van der Waals surface area contributed by atoms with Crippen molar-refractivity contribution in [3.05, 3.63) is 28.2 Å². The molecule has 2 rings (SSSR count). The molecule has 88 valence electrons. The SMILES string of the molecule is NC1CCC(Nc2ccc(Cl)cc2Cl)CC1. The molecule has 0 heterocycles. The van der Waals surface area contributed by atoms with Crippen LogP contribution in [-0.2, 0) is 0 Å². The molecule has 0 atom stereocenters. The first kappa shape index (κ1) is 12.0. The van der Waals surface area contributed by atoms with E-state index in [2.05, 4.69) is 5.32 Å². The van der Waals surface area contributed by atoms with E-state index < -0.39 is 0 Å². The van der Waals surface area contributed by atoms with Gasteiger partial charge >= 0.3 is 0 Å². The highest BCUT2D eigenvalue weighted by molar-refractivity contribution is 6.36. The smallest absolute Gasteiger partial charge is 0.0652 e. The number of rotatable bonds is 2. The Balaban J connectivity index is 1.98. The van der Waals surface area contributed by atoms with Crippen molar-refractivity contribution >= 4 is 28.9 Å². The maximum absolute atomic E-state index is 6.11. The van der Waals surface area contributed by atoms with E-state index in [0.717, 1.165) is 31.4 Å². The van der Waals surface area contributed by atoms with E-state index in [0.29, 0.717) is 22.1 Å². The summed E-state index contributed by atoms with van der Waals surface area (Å²) in [6, 6.07) is 6.40. The molecule has 0 bridgehead atoms. The average Bonchev–Trinajstić information content (AvgIpc) is 2.25. The van der Waals surface area contributed by atoms with Gasteiger partial charge in [0.25, 0.3) is 0 Å². The highest BCUT2D eigenvalue weighted by Gasteiger charge is 2.18. The van der Waals surface area contributed by atoms with Crippen LogP contribution >= 0.6 is 23.2 Å². The third-order valence-corrected chi connectivity index (χ3v) is 3.61. The summed E-state index contributed by atoms with van der Waals surface area (Å²) in [5, 5.41) is 4.80. The second-order valence-electron chi connectivity index (χ2n) is 4.38. The molecule has 0 amide bonds. The van der Waals surface area contributed by atoms with E-state index in [-0.39, 0.29) is 0 Å². The molecule has 16 heavy (non-hydrogen) atoms. The first-order chi connectivity index (χ1) is 7.65. The molecule has 1 aliphatic carbocycles. The Morgan fingerprint density at radius 1 is 1.12 bits per heavy atom. The van der Waals surface area contributed by atoms with E-state index in [1.807, 2.05) is 12.1 Å². The molecule has 0 unspecified atom stereocenters. The number of hydrogen-bond donors (Lipinski definition) is 2. The minimum atomic E-state index is 0.374. The zero-order valence-electron chi connectivity index (χ0n) is 9.05. The normalized spacial score (nSPS) is 25.4. The van der Waals surface area contributed by atoms with Gasteiger partial charge in [0.15, 0.2) is 0 Å². The summed E-state index contributed by atoms with van der Waals surface area (Å²) < 4.78 is 0. The predicted molar refractivity (Wildman–Crippen MR) is 70.3 cm³/mol. The van der Waals surface area contributed by atoms with Gasteiger partial charge in [0.2, 0.25) is 0 Å². The zero-order chi connectivity index (χ0) is 11.5. The number of nitrogens with two attached hydrogens (primary N) is 1. The highest BCUT2D eigenvalue weighted by atomic mass is 35.5. The molecule has 1 aliphatic rings. The highest BCUT2D eigenvalue weighted by Crippen LogP contribution is 2.28. The van der Waals surface area contributed by atoms with Gasteiger partial charge in [0.1, 0.15) is 0 Å². The first-order valence-corrected chi connectivity index (χ1v) is 6.38. The quantitative estimate of drug-likeness (QED) is 0.850. The van der Waals surface area contributed by atoms with Crippen molar-refractivity contribution in [1.29, 1.82) is 0 Å². The lowest BCUT2D eigenvalue weighted by Gasteiger charge is -2.28. The van der Waals surface area contributed by atoms with E-state index in [9.17, 15) is 0 Å². The molecular formula is C12H16Cl2N2. The number of benzene rings is 1. The van der Waals surface area contributed by atoms with Crippen LogP contribution in [0.15, 0.2) is 18.2 Å². The lowest BCUT2D eigenvalue weighted by atomic mass is 9.92. The second-order valence-corrected chi connectivity index (χ2v) is 5.22. The van der Waals surface area contributed by atoms with E-state index >= 15 is 0 Å². The summed E-state index contributed by atoms with van der Waals surface area (Å²) in [7, 11) is 0.